The summed E-state index contributed by atoms with van der Waals surface area (Å²) >= 11 is 3.09. The first-order valence-electron chi connectivity index (χ1n) is 10.5. The van der Waals surface area contributed by atoms with Gasteiger partial charge < -0.3 is 14.0 Å². The van der Waals surface area contributed by atoms with Gasteiger partial charge in [0.2, 0.25) is 0 Å². The molecule has 0 N–H and O–H groups in total. The van der Waals surface area contributed by atoms with E-state index in [2.05, 4.69) is 25.4 Å². The molecule has 3 aromatic rings. The van der Waals surface area contributed by atoms with Crippen molar-refractivity contribution < 1.29 is 14.3 Å². The normalized spacial score (nSPS) is 16.3. The van der Waals surface area contributed by atoms with Crippen LogP contribution in [0, 0.1) is 13.8 Å². The van der Waals surface area contributed by atoms with Gasteiger partial charge in [-0.05, 0) is 44.2 Å². The van der Waals surface area contributed by atoms with Crippen molar-refractivity contribution in [2.24, 2.45) is 0 Å². The number of rotatable bonds is 10. The van der Waals surface area contributed by atoms with Crippen LogP contribution in [0.2, 0.25) is 0 Å². The fraction of sp³-hybridized carbons (Fsp3) is 0.500. The number of hydrogen-bond donors (Lipinski definition) is 0. The summed E-state index contributed by atoms with van der Waals surface area (Å²) < 4.78 is 15.3. The van der Waals surface area contributed by atoms with Gasteiger partial charge in [0.1, 0.15) is 0 Å². The number of hydrogen-bond acceptors (Lipinski definition) is 7. The zero-order chi connectivity index (χ0) is 21.8. The summed E-state index contributed by atoms with van der Waals surface area (Å²) in [6, 6.07) is 6.04. The van der Waals surface area contributed by atoms with Crippen LogP contribution in [-0.4, -0.2) is 57.3 Å². The van der Waals surface area contributed by atoms with Gasteiger partial charge in [0.15, 0.2) is 16.8 Å². The molecule has 1 aliphatic rings. The number of aryl methyl sites for hydroxylation is 1. The highest BCUT2D eigenvalue weighted by molar-refractivity contribution is 7.99. The first-order valence-corrected chi connectivity index (χ1v) is 12.4. The molecule has 1 unspecified atom stereocenters. The quantitative estimate of drug-likeness (QED) is 0.333. The number of carbonyl (C=O) groups excluding carboxylic acids is 1. The molecule has 4 rings (SSSR count). The Balaban J connectivity index is 1.51. The van der Waals surface area contributed by atoms with Gasteiger partial charge in [-0.2, -0.15) is 0 Å². The summed E-state index contributed by atoms with van der Waals surface area (Å²) in [5, 5.41) is 11.7. The highest BCUT2D eigenvalue weighted by Gasteiger charge is 2.23. The van der Waals surface area contributed by atoms with Crippen LogP contribution >= 0.6 is 23.1 Å². The Morgan fingerprint density at radius 1 is 1.35 bits per heavy atom. The molecule has 0 aromatic carbocycles. The maximum absolute atomic E-state index is 13.0. The standard InChI is InChI=1S/C22H28N4O3S2/c1-15-12-18(16(2)25(15)8-10-28-3)19(27)14-31-22-24-23-21(20-7-5-11-30-20)26(22)13-17-6-4-9-29-17/h5,7,11-12,17H,4,6,8-10,13-14H2,1-3H3. The highest BCUT2D eigenvalue weighted by Crippen LogP contribution is 2.29. The summed E-state index contributed by atoms with van der Waals surface area (Å²) in [5.74, 6) is 1.27. The van der Waals surface area contributed by atoms with Gasteiger partial charge in [0.05, 0.1) is 29.9 Å². The second-order valence-electron chi connectivity index (χ2n) is 7.67. The van der Waals surface area contributed by atoms with Crippen molar-refractivity contribution in [3.05, 3.63) is 40.5 Å². The minimum Gasteiger partial charge on any atom is -0.383 e. The Bertz CT molecular complexity index is 1020. The molecule has 3 aromatic heterocycles. The van der Waals surface area contributed by atoms with Crippen LogP contribution in [0.1, 0.15) is 34.6 Å². The van der Waals surface area contributed by atoms with Crippen LogP contribution in [0.4, 0.5) is 0 Å². The van der Waals surface area contributed by atoms with Crippen molar-refractivity contribution in [2.75, 3.05) is 26.1 Å². The lowest BCUT2D eigenvalue weighted by Gasteiger charge is -2.14. The predicted octanol–water partition coefficient (Wildman–Crippen LogP) is 4.23. The van der Waals surface area contributed by atoms with E-state index in [1.165, 1.54) is 11.8 Å². The summed E-state index contributed by atoms with van der Waals surface area (Å²) in [4.78, 5) is 14.1. The van der Waals surface area contributed by atoms with E-state index in [1.807, 2.05) is 31.4 Å². The summed E-state index contributed by atoms with van der Waals surface area (Å²) in [6.07, 6.45) is 2.30. The predicted molar refractivity (Wildman–Crippen MR) is 123 cm³/mol. The molecule has 7 nitrogen and oxygen atoms in total. The molecular formula is C22H28N4O3S2. The maximum atomic E-state index is 13.0. The molecule has 0 spiro atoms. The van der Waals surface area contributed by atoms with E-state index in [0.717, 1.165) is 58.8 Å². The van der Waals surface area contributed by atoms with Crippen LogP contribution < -0.4 is 0 Å². The number of Topliss-reactive ketones (excluding diaryl/α,β-unsaturated/α-hetero) is 1. The van der Waals surface area contributed by atoms with Crippen LogP contribution in [-0.2, 0) is 22.6 Å². The Kier molecular flexibility index (Phi) is 7.27. The number of nitrogens with zero attached hydrogens (tertiary/aromatic N) is 4. The molecule has 1 aliphatic heterocycles. The number of methoxy groups -OCH3 is 1. The van der Waals surface area contributed by atoms with Crippen molar-refractivity contribution in [3.63, 3.8) is 0 Å². The van der Waals surface area contributed by atoms with E-state index in [9.17, 15) is 4.79 Å². The number of carbonyl (C=O) groups is 1. The molecular weight excluding hydrogens is 432 g/mol. The lowest BCUT2D eigenvalue weighted by Crippen LogP contribution is -2.17. The molecule has 0 saturated carbocycles. The molecule has 1 fully saturated rings. The number of aromatic nitrogens is 4. The minimum atomic E-state index is 0.103. The molecule has 166 valence electrons. The Morgan fingerprint density at radius 2 is 2.23 bits per heavy atom. The molecule has 1 atom stereocenters. The van der Waals surface area contributed by atoms with Crippen molar-refractivity contribution >= 4 is 28.9 Å². The highest BCUT2D eigenvalue weighted by atomic mass is 32.2. The fourth-order valence-corrected chi connectivity index (χ4v) is 5.51. The second-order valence-corrected chi connectivity index (χ2v) is 9.56. The van der Waals surface area contributed by atoms with E-state index in [1.54, 1.807) is 18.4 Å². The molecule has 9 heteroatoms. The van der Waals surface area contributed by atoms with Gasteiger partial charge in [0, 0.05) is 37.2 Å². The van der Waals surface area contributed by atoms with Gasteiger partial charge in [0.25, 0.3) is 0 Å². The van der Waals surface area contributed by atoms with Crippen molar-refractivity contribution in [1.82, 2.24) is 19.3 Å². The first-order chi connectivity index (χ1) is 15.1. The third-order valence-corrected chi connectivity index (χ3v) is 7.43. The average Bonchev–Trinajstić information content (AvgIpc) is 3.55. The molecule has 0 radical (unpaired) electrons. The van der Waals surface area contributed by atoms with Crippen LogP contribution in [0.15, 0.2) is 28.7 Å². The molecule has 4 heterocycles. The Hall–Kier alpha value is -1.94. The summed E-state index contributed by atoms with van der Waals surface area (Å²) in [5.41, 5.74) is 2.83. The maximum Gasteiger partial charge on any atom is 0.192 e. The van der Waals surface area contributed by atoms with Crippen molar-refractivity contribution in [2.45, 2.75) is 51.0 Å². The van der Waals surface area contributed by atoms with Crippen LogP contribution in [0.25, 0.3) is 10.7 Å². The summed E-state index contributed by atoms with van der Waals surface area (Å²) in [6.45, 7) is 6.90. The smallest absolute Gasteiger partial charge is 0.192 e. The number of ketones is 1. The van der Waals surface area contributed by atoms with Crippen molar-refractivity contribution in [3.8, 4) is 10.7 Å². The molecule has 0 bridgehead atoms. The topological polar surface area (TPSA) is 71.2 Å². The van der Waals surface area contributed by atoms with Crippen molar-refractivity contribution in [1.29, 1.82) is 0 Å². The average molecular weight is 461 g/mol. The van der Waals surface area contributed by atoms with Crippen LogP contribution in [0.3, 0.4) is 0 Å². The van der Waals surface area contributed by atoms with E-state index in [4.69, 9.17) is 9.47 Å². The van der Waals surface area contributed by atoms with Crippen LogP contribution in [0.5, 0.6) is 0 Å². The first kappa shape index (κ1) is 22.3. The zero-order valence-corrected chi connectivity index (χ0v) is 19.8. The molecule has 0 amide bonds. The zero-order valence-electron chi connectivity index (χ0n) is 18.2. The number of ether oxygens (including phenoxy) is 2. The molecule has 1 saturated heterocycles. The monoisotopic (exact) mass is 460 g/mol. The number of thioether (sulfide) groups is 1. The van der Waals surface area contributed by atoms with E-state index in [0.29, 0.717) is 18.9 Å². The van der Waals surface area contributed by atoms with Gasteiger partial charge in [-0.15, -0.1) is 21.5 Å². The lowest BCUT2D eigenvalue weighted by molar-refractivity contribution is 0.0953. The SMILES string of the molecule is COCCn1c(C)cc(C(=O)CSc2nnc(-c3cccs3)n2CC2CCCO2)c1C. The van der Waals surface area contributed by atoms with E-state index < -0.39 is 0 Å². The molecule has 0 aliphatic carbocycles. The Labute approximate surface area is 190 Å². The third-order valence-electron chi connectivity index (χ3n) is 5.59. The minimum absolute atomic E-state index is 0.103. The van der Waals surface area contributed by atoms with Gasteiger partial charge in [-0.3, -0.25) is 9.36 Å². The molecule has 31 heavy (non-hydrogen) atoms. The largest absolute Gasteiger partial charge is 0.383 e. The van der Waals surface area contributed by atoms with Gasteiger partial charge >= 0.3 is 0 Å². The number of thiophene rings is 1. The second kappa shape index (κ2) is 10.1. The Morgan fingerprint density at radius 3 is 2.94 bits per heavy atom. The van der Waals surface area contributed by atoms with Gasteiger partial charge in [-0.1, -0.05) is 17.8 Å². The van der Waals surface area contributed by atoms with E-state index in [-0.39, 0.29) is 11.9 Å². The van der Waals surface area contributed by atoms with Gasteiger partial charge in [-0.25, -0.2) is 0 Å². The lowest BCUT2D eigenvalue weighted by atomic mass is 10.2. The van der Waals surface area contributed by atoms with E-state index >= 15 is 0 Å². The summed E-state index contributed by atoms with van der Waals surface area (Å²) in [7, 11) is 1.69. The third kappa shape index (κ3) is 4.95. The fourth-order valence-electron chi connectivity index (χ4n) is 3.96.